The highest BCUT2D eigenvalue weighted by atomic mass is 28.4. The van der Waals surface area contributed by atoms with Gasteiger partial charge in [0.15, 0.2) is 30.7 Å². The van der Waals surface area contributed by atoms with E-state index in [1.54, 1.807) is 12.4 Å². The van der Waals surface area contributed by atoms with E-state index in [2.05, 4.69) is 87.6 Å². The molecule has 10 nitrogen and oxygen atoms in total. The van der Waals surface area contributed by atoms with Crippen molar-refractivity contribution in [1.29, 1.82) is 0 Å². The van der Waals surface area contributed by atoms with Crippen LogP contribution in [0.3, 0.4) is 0 Å². The molecule has 3 aliphatic heterocycles. The molecular formula is C34H61N3O7Si3. The lowest BCUT2D eigenvalue weighted by Crippen LogP contribution is -2.58. The summed E-state index contributed by atoms with van der Waals surface area (Å²) in [5.74, 6) is 0.319. The van der Waals surface area contributed by atoms with Crippen LogP contribution in [-0.2, 0) is 27.5 Å². The largest absolute Gasteiger partial charge is 0.415 e. The van der Waals surface area contributed by atoms with Crippen LogP contribution in [0.15, 0.2) is 12.4 Å². The average Bonchev–Trinajstić information content (AvgIpc) is 3.73. The van der Waals surface area contributed by atoms with Gasteiger partial charge in [0.2, 0.25) is 5.95 Å². The number of anilines is 1. The van der Waals surface area contributed by atoms with Gasteiger partial charge in [-0.25, -0.2) is 9.97 Å². The molecule has 0 unspecified atom stereocenters. The predicted molar refractivity (Wildman–Crippen MR) is 193 cm³/mol. The first-order valence-electron chi connectivity index (χ1n) is 17.7. The molecule has 0 N–H and O–H groups in total. The quantitative estimate of drug-likeness (QED) is 0.0818. The molecule has 1 aromatic heterocycles. The second-order valence-corrected chi connectivity index (χ2v) is 30.2. The molecule has 0 aliphatic carbocycles. The van der Waals surface area contributed by atoms with E-state index < -0.39 is 25.0 Å². The maximum Gasteiger partial charge on any atom is 0.225 e. The zero-order chi connectivity index (χ0) is 34.7. The number of hydrogen-bond acceptors (Lipinski definition) is 10. The van der Waals surface area contributed by atoms with E-state index in [1.807, 2.05) is 0 Å². The molecule has 3 fully saturated rings. The van der Waals surface area contributed by atoms with Gasteiger partial charge in [0.1, 0.15) is 5.78 Å². The highest BCUT2D eigenvalue weighted by molar-refractivity contribution is 6.70. The lowest BCUT2D eigenvalue weighted by molar-refractivity contribution is -0.158. The van der Waals surface area contributed by atoms with Crippen molar-refractivity contribution in [3.63, 3.8) is 0 Å². The summed E-state index contributed by atoms with van der Waals surface area (Å²) in [7, 11) is -5.74. The molecule has 4 heterocycles. The Balaban J connectivity index is 1.42. The third-order valence-electron chi connectivity index (χ3n) is 8.99. The second-order valence-electron chi connectivity index (χ2n) is 16.9. The predicted octanol–water partition coefficient (Wildman–Crippen LogP) is 6.49. The van der Waals surface area contributed by atoms with Gasteiger partial charge < -0.3 is 27.7 Å². The van der Waals surface area contributed by atoms with Crippen LogP contribution in [0.1, 0.15) is 62.7 Å². The fourth-order valence-electron chi connectivity index (χ4n) is 6.75. The van der Waals surface area contributed by atoms with Gasteiger partial charge in [-0.05, 0) is 85.1 Å². The lowest BCUT2D eigenvalue weighted by atomic mass is 9.85. The topological polar surface area (TPSA) is 113 Å². The van der Waals surface area contributed by atoms with Gasteiger partial charge in [0.05, 0.1) is 49.1 Å². The fraction of sp³-hybridized carbons (Fsp3) is 0.824. The SMILES string of the molecule is C[C@@H]([C@@H]1O[C@H]1C[C@@H]1OC[C@H](CC(=O)CC(=O)c2cnc(N3CCCCC3)nc2)[C@@H](O[Si](C)(C)C)[C@@H]1O[Si](C)(C)C)[C@H](C)O[Si](C)(C)C. The molecule has 0 amide bonds. The van der Waals surface area contributed by atoms with Gasteiger partial charge in [-0.1, -0.05) is 6.92 Å². The number of ether oxygens (including phenoxy) is 2. The first-order valence-corrected chi connectivity index (χ1v) is 27.9. The first kappa shape index (κ1) is 38.5. The Bertz CT molecular complexity index is 1200. The normalized spacial score (nSPS) is 28.5. The number of piperidine rings is 1. The Morgan fingerprint density at radius 3 is 2.04 bits per heavy atom. The molecule has 3 saturated heterocycles. The maximum atomic E-state index is 13.4. The Morgan fingerprint density at radius 2 is 1.47 bits per heavy atom. The van der Waals surface area contributed by atoms with Gasteiger partial charge in [-0.15, -0.1) is 0 Å². The number of carbonyl (C=O) groups excluding carboxylic acids is 2. The molecule has 13 heteroatoms. The molecule has 1 aromatic rings. The number of hydrogen-bond donors (Lipinski definition) is 0. The fourth-order valence-corrected chi connectivity index (χ4v) is 10.3. The zero-order valence-corrected chi connectivity index (χ0v) is 33.8. The minimum Gasteiger partial charge on any atom is -0.415 e. The van der Waals surface area contributed by atoms with Gasteiger partial charge in [0.25, 0.3) is 0 Å². The number of epoxide rings is 1. The minimum absolute atomic E-state index is 0.0716. The summed E-state index contributed by atoms with van der Waals surface area (Å²) < 4.78 is 32.8. The molecular weight excluding hydrogens is 647 g/mol. The van der Waals surface area contributed by atoms with Crippen LogP contribution in [0.25, 0.3) is 0 Å². The number of aromatic nitrogens is 2. The third kappa shape index (κ3) is 11.9. The van der Waals surface area contributed by atoms with E-state index in [-0.39, 0.29) is 72.9 Å². The minimum atomic E-state index is -2.05. The van der Waals surface area contributed by atoms with Crippen molar-refractivity contribution in [2.24, 2.45) is 11.8 Å². The summed E-state index contributed by atoms with van der Waals surface area (Å²) >= 11 is 0. The van der Waals surface area contributed by atoms with Gasteiger partial charge >= 0.3 is 0 Å². The van der Waals surface area contributed by atoms with Crippen molar-refractivity contribution in [2.75, 3.05) is 24.6 Å². The van der Waals surface area contributed by atoms with E-state index in [4.69, 9.17) is 22.8 Å². The maximum absolute atomic E-state index is 13.4. The van der Waals surface area contributed by atoms with Crippen molar-refractivity contribution in [2.45, 2.75) is 148 Å². The zero-order valence-electron chi connectivity index (χ0n) is 30.8. The van der Waals surface area contributed by atoms with Crippen molar-refractivity contribution < 1.29 is 32.3 Å². The second kappa shape index (κ2) is 15.7. The highest BCUT2D eigenvalue weighted by Crippen LogP contribution is 2.40. The van der Waals surface area contributed by atoms with E-state index >= 15 is 0 Å². The monoisotopic (exact) mass is 707 g/mol. The summed E-state index contributed by atoms with van der Waals surface area (Å²) in [6.07, 6.45) is 6.78. The van der Waals surface area contributed by atoms with Crippen molar-refractivity contribution in [3.8, 4) is 0 Å². The number of carbonyl (C=O) groups is 2. The van der Waals surface area contributed by atoms with E-state index in [9.17, 15) is 9.59 Å². The van der Waals surface area contributed by atoms with Gasteiger partial charge in [-0.3, -0.25) is 9.59 Å². The first-order chi connectivity index (χ1) is 21.8. The Morgan fingerprint density at radius 1 is 0.872 bits per heavy atom. The Kier molecular flexibility index (Phi) is 12.8. The number of rotatable bonds is 16. The molecule has 4 rings (SSSR count). The smallest absolute Gasteiger partial charge is 0.225 e. The summed E-state index contributed by atoms with van der Waals surface area (Å²) in [6.45, 7) is 26.3. The summed E-state index contributed by atoms with van der Waals surface area (Å²) in [5.41, 5.74) is 0.367. The number of ketones is 2. The molecule has 0 spiro atoms. The van der Waals surface area contributed by atoms with Crippen molar-refractivity contribution in [3.05, 3.63) is 18.0 Å². The summed E-state index contributed by atoms with van der Waals surface area (Å²) in [6, 6.07) is 0. The van der Waals surface area contributed by atoms with Crippen LogP contribution >= 0.6 is 0 Å². The molecule has 3 aliphatic rings. The molecule has 266 valence electrons. The van der Waals surface area contributed by atoms with Crippen LogP contribution in [0, 0.1) is 11.8 Å². The molecule has 8 atom stereocenters. The van der Waals surface area contributed by atoms with E-state index in [0.29, 0.717) is 24.5 Å². The van der Waals surface area contributed by atoms with Gasteiger partial charge in [-0.2, -0.15) is 0 Å². The summed E-state index contributed by atoms with van der Waals surface area (Å²) in [5, 5.41) is 0. The van der Waals surface area contributed by atoms with Crippen LogP contribution < -0.4 is 4.90 Å². The molecule has 47 heavy (non-hydrogen) atoms. The van der Waals surface area contributed by atoms with Gasteiger partial charge in [0, 0.05) is 56.3 Å². The van der Waals surface area contributed by atoms with Crippen LogP contribution in [-0.4, -0.2) is 103 Å². The Hall–Kier alpha value is -1.33. The summed E-state index contributed by atoms with van der Waals surface area (Å²) in [4.78, 5) is 37.6. The van der Waals surface area contributed by atoms with E-state index in [1.165, 1.54) is 6.42 Å². The number of nitrogens with zero attached hydrogens (tertiary/aromatic N) is 3. The lowest BCUT2D eigenvalue weighted by Gasteiger charge is -2.47. The van der Waals surface area contributed by atoms with Crippen molar-refractivity contribution in [1.82, 2.24) is 9.97 Å². The number of Topliss-reactive ketones (excluding diaryl/α,β-unsaturated/α-hetero) is 2. The van der Waals surface area contributed by atoms with Crippen LogP contribution in [0.4, 0.5) is 5.95 Å². The average molecular weight is 708 g/mol. The van der Waals surface area contributed by atoms with Crippen molar-refractivity contribution >= 4 is 42.5 Å². The van der Waals surface area contributed by atoms with Crippen LogP contribution in [0.2, 0.25) is 58.9 Å². The van der Waals surface area contributed by atoms with Crippen LogP contribution in [0.5, 0.6) is 0 Å². The molecule has 0 aromatic carbocycles. The molecule has 0 saturated carbocycles. The standard InChI is InChI=1S/C34H61N3O7Si3/c1-23(24(2)42-45(3,4)5)31-30(41-31)19-29-33(44-47(9,10)11)32(43-46(6,7)8)25(22-40-29)17-27(38)18-28(39)26-20-35-34(36-21-26)37-15-13-12-14-16-37/h20-21,23-25,29-33H,12-19,22H2,1-11H3/t23-,24+,25+,29+,30+,31+,32-,33-/m1/s1. The Labute approximate surface area is 286 Å². The van der Waals surface area contributed by atoms with E-state index in [0.717, 1.165) is 25.9 Å². The highest BCUT2D eigenvalue weighted by Gasteiger charge is 2.52. The molecule has 0 radical (unpaired) electrons. The third-order valence-corrected chi connectivity index (χ3v) is 12.0. The molecule has 0 bridgehead atoms.